The van der Waals surface area contributed by atoms with E-state index in [4.69, 9.17) is 10.5 Å². The third-order valence-corrected chi connectivity index (χ3v) is 3.77. The largest absolute Gasteiger partial charge is 0.494 e. The minimum atomic E-state index is -0.295. The SMILES string of the molecule is CC(C(=O)NCCCOc1ccccc1)C(N)c1ccccc1.Cl. The van der Waals surface area contributed by atoms with Crippen LogP contribution in [0.1, 0.15) is 24.9 Å². The molecule has 2 aromatic carbocycles. The van der Waals surface area contributed by atoms with Gasteiger partial charge in [0.2, 0.25) is 5.91 Å². The molecule has 0 spiro atoms. The van der Waals surface area contributed by atoms with Crippen LogP contribution in [0.15, 0.2) is 60.7 Å². The third kappa shape index (κ3) is 6.22. The van der Waals surface area contributed by atoms with Crippen molar-refractivity contribution in [3.63, 3.8) is 0 Å². The summed E-state index contributed by atoms with van der Waals surface area (Å²) in [6, 6.07) is 19.0. The summed E-state index contributed by atoms with van der Waals surface area (Å²) < 4.78 is 5.59. The summed E-state index contributed by atoms with van der Waals surface area (Å²) in [5.41, 5.74) is 7.13. The minimum absolute atomic E-state index is 0. The predicted octanol–water partition coefficient (Wildman–Crippen LogP) is 3.33. The lowest BCUT2D eigenvalue weighted by atomic mass is 9.95. The van der Waals surface area contributed by atoms with Gasteiger partial charge < -0.3 is 15.8 Å². The fourth-order valence-corrected chi connectivity index (χ4v) is 2.28. The average molecular weight is 349 g/mol. The molecule has 0 heterocycles. The van der Waals surface area contributed by atoms with Gasteiger partial charge in [-0.1, -0.05) is 55.5 Å². The van der Waals surface area contributed by atoms with E-state index in [2.05, 4.69) is 5.32 Å². The maximum Gasteiger partial charge on any atom is 0.224 e. The summed E-state index contributed by atoms with van der Waals surface area (Å²) in [6.07, 6.45) is 0.758. The molecule has 2 aromatic rings. The number of rotatable bonds is 8. The Bertz CT molecular complexity index is 593. The average Bonchev–Trinajstić information content (AvgIpc) is 2.61. The number of hydrogen-bond donors (Lipinski definition) is 2. The molecule has 0 aromatic heterocycles. The molecule has 0 aliphatic carbocycles. The van der Waals surface area contributed by atoms with Crippen LogP contribution in [0.2, 0.25) is 0 Å². The summed E-state index contributed by atoms with van der Waals surface area (Å²) >= 11 is 0. The van der Waals surface area contributed by atoms with E-state index >= 15 is 0 Å². The van der Waals surface area contributed by atoms with Gasteiger partial charge in [0, 0.05) is 12.6 Å². The van der Waals surface area contributed by atoms with Crippen molar-refractivity contribution in [1.29, 1.82) is 0 Å². The topological polar surface area (TPSA) is 64.3 Å². The molecule has 0 radical (unpaired) electrons. The zero-order chi connectivity index (χ0) is 16.5. The van der Waals surface area contributed by atoms with Crippen LogP contribution in [0.25, 0.3) is 0 Å². The number of halogens is 1. The first-order valence-electron chi connectivity index (χ1n) is 7.94. The molecule has 4 nitrogen and oxygen atoms in total. The van der Waals surface area contributed by atoms with Crippen LogP contribution in [0.3, 0.4) is 0 Å². The molecule has 2 atom stereocenters. The van der Waals surface area contributed by atoms with E-state index in [9.17, 15) is 4.79 Å². The Kier molecular flexibility index (Phi) is 8.90. The van der Waals surface area contributed by atoms with E-state index in [1.54, 1.807) is 0 Å². The van der Waals surface area contributed by atoms with Crippen molar-refractivity contribution in [2.75, 3.05) is 13.2 Å². The molecule has 0 aliphatic heterocycles. The van der Waals surface area contributed by atoms with Gasteiger partial charge in [-0.25, -0.2) is 0 Å². The Morgan fingerprint density at radius 3 is 2.29 bits per heavy atom. The van der Waals surface area contributed by atoms with Crippen LogP contribution >= 0.6 is 12.4 Å². The molecule has 0 saturated carbocycles. The van der Waals surface area contributed by atoms with Gasteiger partial charge in [-0.3, -0.25) is 4.79 Å². The first kappa shape index (κ1) is 20.0. The second-order valence-electron chi connectivity index (χ2n) is 5.53. The van der Waals surface area contributed by atoms with Gasteiger partial charge in [-0.15, -0.1) is 12.4 Å². The molecule has 0 bridgehead atoms. The number of ether oxygens (including phenoxy) is 1. The van der Waals surface area contributed by atoms with Crippen LogP contribution in [0.5, 0.6) is 5.75 Å². The van der Waals surface area contributed by atoms with Gasteiger partial charge in [0.25, 0.3) is 0 Å². The Morgan fingerprint density at radius 1 is 1.08 bits per heavy atom. The molecule has 2 unspecified atom stereocenters. The molecule has 2 rings (SSSR count). The quantitative estimate of drug-likeness (QED) is 0.719. The molecular weight excluding hydrogens is 324 g/mol. The highest BCUT2D eigenvalue weighted by Gasteiger charge is 2.21. The zero-order valence-electron chi connectivity index (χ0n) is 13.9. The van der Waals surface area contributed by atoms with E-state index in [0.717, 1.165) is 17.7 Å². The van der Waals surface area contributed by atoms with Crippen molar-refractivity contribution >= 4 is 18.3 Å². The lowest BCUT2D eigenvalue weighted by molar-refractivity contribution is -0.125. The van der Waals surface area contributed by atoms with Gasteiger partial charge in [-0.2, -0.15) is 0 Å². The number of carbonyl (C=O) groups excluding carboxylic acids is 1. The Balaban J connectivity index is 0.00000288. The summed E-state index contributed by atoms with van der Waals surface area (Å²) in [5, 5.41) is 2.92. The molecule has 3 N–H and O–H groups in total. The molecule has 0 fully saturated rings. The first-order chi connectivity index (χ1) is 11.2. The van der Waals surface area contributed by atoms with Crippen molar-refractivity contribution < 1.29 is 9.53 Å². The number of carbonyl (C=O) groups is 1. The van der Waals surface area contributed by atoms with E-state index in [-0.39, 0.29) is 30.3 Å². The van der Waals surface area contributed by atoms with E-state index in [0.29, 0.717) is 13.2 Å². The molecule has 0 aliphatic rings. The molecule has 0 saturated heterocycles. The van der Waals surface area contributed by atoms with Crippen molar-refractivity contribution in [2.24, 2.45) is 11.7 Å². The molecule has 1 amide bonds. The van der Waals surface area contributed by atoms with Crippen LogP contribution in [-0.2, 0) is 4.79 Å². The number of nitrogens with two attached hydrogens (primary N) is 1. The smallest absolute Gasteiger partial charge is 0.224 e. The fourth-order valence-electron chi connectivity index (χ4n) is 2.28. The Morgan fingerprint density at radius 2 is 1.67 bits per heavy atom. The lowest BCUT2D eigenvalue weighted by Gasteiger charge is -2.19. The second-order valence-corrected chi connectivity index (χ2v) is 5.53. The second kappa shape index (κ2) is 10.7. The van der Waals surface area contributed by atoms with E-state index in [1.165, 1.54) is 0 Å². The Labute approximate surface area is 149 Å². The zero-order valence-corrected chi connectivity index (χ0v) is 14.7. The van der Waals surface area contributed by atoms with Gasteiger partial charge in [-0.05, 0) is 24.1 Å². The maximum absolute atomic E-state index is 12.2. The number of para-hydroxylation sites is 1. The fraction of sp³-hybridized carbons (Fsp3) is 0.316. The molecule has 5 heteroatoms. The van der Waals surface area contributed by atoms with Crippen LogP contribution in [0.4, 0.5) is 0 Å². The maximum atomic E-state index is 12.2. The minimum Gasteiger partial charge on any atom is -0.494 e. The summed E-state index contributed by atoms with van der Waals surface area (Å²) in [6.45, 7) is 3.01. The molecular formula is C19H25ClN2O2. The number of benzene rings is 2. The standard InChI is InChI=1S/C19H24N2O2.ClH/c1-15(18(20)16-9-4-2-5-10-16)19(22)21-13-8-14-23-17-11-6-3-7-12-17;/h2-7,9-12,15,18H,8,13-14,20H2,1H3,(H,21,22);1H. The number of hydrogen-bond acceptors (Lipinski definition) is 3. The van der Waals surface area contributed by atoms with Gasteiger partial charge in [0.15, 0.2) is 0 Å². The lowest BCUT2D eigenvalue weighted by Crippen LogP contribution is -2.36. The number of nitrogens with one attached hydrogen (secondary N) is 1. The highest BCUT2D eigenvalue weighted by Crippen LogP contribution is 2.18. The third-order valence-electron chi connectivity index (χ3n) is 3.77. The van der Waals surface area contributed by atoms with Gasteiger partial charge in [0.1, 0.15) is 5.75 Å². The summed E-state index contributed by atoms with van der Waals surface area (Å²) in [7, 11) is 0. The highest BCUT2D eigenvalue weighted by atomic mass is 35.5. The van der Waals surface area contributed by atoms with Crippen molar-refractivity contribution in [1.82, 2.24) is 5.32 Å². The van der Waals surface area contributed by atoms with Crippen molar-refractivity contribution in [2.45, 2.75) is 19.4 Å². The van der Waals surface area contributed by atoms with Crippen LogP contribution < -0.4 is 15.8 Å². The highest BCUT2D eigenvalue weighted by molar-refractivity contribution is 5.85. The van der Waals surface area contributed by atoms with E-state index in [1.807, 2.05) is 67.6 Å². The van der Waals surface area contributed by atoms with E-state index < -0.39 is 0 Å². The molecule has 24 heavy (non-hydrogen) atoms. The first-order valence-corrected chi connectivity index (χ1v) is 7.94. The van der Waals surface area contributed by atoms with Crippen molar-refractivity contribution in [3.05, 3.63) is 66.2 Å². The van der Waals surface area contributed by atoms with Gasteiger partial charge >= 0.3 is 0 Å². The van der Waals surface area contributed by atoms with Crippen LogP contribution in [0, 0.1) is 5.92 Å². The molecule has 130 valence electrons. The van der Waals surface area contributed by atoms with Crippen molar-refractivity contribution in [3.8, 4) is 5.75 Å². The monoisotopic (exact) mass is 348 g/mol. The normalized spacial score (nSPS) is 12.6. The van der Waals surface area contributed by atoms with Gasteiger partial charge in [0.05, 0.1) is 12.5 Å². The van der Waals surface area contributed by atoms with Crippen LogP contribution in [-0.4, -0.2) is 19.1 Å². The predicted molar refractivity (Wildman–Crippen MR) is 99.3 cm³/mol. The Hall–Kier alpha value is -2.04. The number of amides is 1. The summed E-state index contributed by atoms with van der Waals surface area (Å²) in [4.78, 5) is 12.2. The summed E-state index contributed by atoms with van der Waals surface area (Å²) in [5.74, 6) is 0.548.